The Hall–Kier alpha value is -3.18. The molecule has 2 aromatic rings. The van der Waals surface area contributed by atoms with E-state index in [0.29, 0.717) is 55.8 Å². The van der Waals surface area contributed by atoms with E-state index in [2.05, 4.69) is 36.2 Å². The number of hydrogen-bond donors (Lipinski definition) is 1. The number of carbonyl (C=O) groups is 3. The van der Waals surface area contributed by atoms with Gasteiger partial charge in [-0.2, -0.15) is 18.3 Å². The van der Waals surface area contributed by atoms with Crippen LogP contribution in [0.3, 0.4) is 0 Å². The van der Waals surface area contributed by atoms with Crippen molar-refractivity contribution in [2.24, 2.45) is 23.7 Å². The van der Waals surface area contributed by atoms with Crippen molar-refractivity contribution in [2.45, 2.75) is 90.9 Å². The molecule has 2 bridgehead atoms. The molecule has 0 aliphatic carbocycles. The molecule has 3 aliphatic heterocycles. The van der Waals surface area contributed by atoms with Gasteiger partial charge in [-0.15, -0.1) is 0 Å². The van der Waals surface area contributed by atoms with Crippen LogP contribution in [0.1, 0.15) is 87.6 Å². The molecule has 3 fully saturated rings. The summed E-state index contributed by atoms with van der Waals surface area (Å²) in [6.07, 6.45) is 0.0298. The smallest absolute Gasteiger partial charge is 0.353 e. The fraction of sp³-hybridized carbons (Fsp3) is 0.700. The van der Waals surface area contributed by atoms with Crippen molar-refractivity contribution in [3.63, 3.8) is 0 Å². The summed E-state index contributed by atoms with van der Waals surface area (Å²) in [5.41, 5.74) is -0.892. The molecule has 42 heavy (non-hydrogen) atoms. The Bertz CT molecular complexity index is 1340. The zero-order chi connectivity index (χ0) is 30.3. The summed E-state index contributed by atoms with van der Waals surface area (Å²) in [5.74, 6) is 0.299. The summed E-state index contributed by atoms with van der Waals surface area (Å²) in [6.45, 7) is 9.09. The van der Waals surface area contributed by atoms with Crippen molar-refractivity contribution in [3.8, 4) is 0 Å². The van der Waals surface area contributed by atoms with Crippen molar-refractivity contribution >= 4 is 23.4 Å². The SMILES string of the molecule is Cc1cc(C(F)(F)F)n2nc(C(=O)N3C[C@@H]4C[C@@H](C3)[C@@H]3CCCC(=O)N[C@H](C(C)C)CC[C@@H](C)CC(=O)N3C4)cc2n1. The Kier molecular flexibility index (Phi) is 8.53. The average molecular weight is 591 g/mol. The number of aryl methyl sites for hydroxylation is 1. The van der Waals surface area contributed by atoms with Gasteiger partial charge >= 0.3 is 6.18 Å². The minimum absolute atomic E-state index is 0.0143. The highest BCUT2D eigenvalue weighted by atomic mass is 19.4. The molecule has 0 unspecified atom stereocenters. The second-order valence-electron chi connectivity index (χ2n) is 13.0. The molecule has 0 spiro atoms. The van der Waals surface area contributed by atoms with E-state index in [1.165, 1.54) is 13.0 Å². The number of nitrogens with one attached hydrogen (secondary N) is 1. The number of piperidine rings is 2. The van der Waals surface area contributed by atoms with Crippen molar-refractivity contribution in [3.05, 3.63) is 29.2 Å². The maximum Gasteiger partial charge on any atom is 0.433 e. The lowest BCUT2D eigenvalue weighted by Gasteiger charge is -2.51. The van der Waals surface area contributed by atoms with Gasteiger partial charge < -0.3 is 15.1 Å². The van der Waals surface area contributed by atoms with E-state index in [0.717, 1.165) is 25.3 Å². The molecule has 230 valence electrons. The fourth-order valence-electron chi connectivity index (χ4n) is 7.04. The topological polar surface area (TPSA) is 99.9 Å². The van der Waals surface area contributed by atoms with Crippen LogP contribution in [0.5, 0.6) is 0 Å². The van der Waals surface area contributed by atoms with Gasteiger partial charge in [0, 0.05) is 56.3 Å². The molecule has 3 amide bonds. The highest BCUT2D eigenvalue weighted by molar-refractivity contribution is 5.93. The van der Waals surface area contributed by atoms with Crippen LogP contribution in [-0.2, 0) is 15.8 Å². The summed E-state index contributed by atoms with van der Waals surface area (Å²) in [6, 6.07) is 2.21. The van der Waals surface area contributed by atoms with E-state index in [1.807, 2.05) is 4.90 Å². The van der Waals surface area contributed by atoms with Gasteiger partial charge in [-0.25, -0.2) is 9.50 Å². The van der Waals surface area contributed by atoms with E-state index in [1.54, 1.807) is 4.90 Å². The van der Waals surface area contributed by atoms with Gasteiger partial charge in [-0.3, -0.25) is 14.4 Å². The molecule has 0 aromatic carbocycles. The fourth-order valence-corrected chi connectivity index (χ4v) is 7.04. The number of likely N-dealkylation sites (tertiary alicyclic amines) is 1. The molecule has 3 saturated heterocycles. The first kappa shape index (κ1) is 30.3. The number of fused-ring (bicyclic) bond motifs is 5. The molecule has 1 N–H and O–H groups in total. The molecule has 0 saturated carbocycles. The van der Waals surface area contributed by atoms with Gasteiger partial charge in [0.2, 0.25) is 11.8 Å². The van der Waals surface area contributed by atoms with E-state index >= 15 is 0 Å². The molecular weight excluding hydrogens is 549 g/mol. The van der Waals surface area contributed by atoms with Crippen LogP contribution in [0.25, 0.3) is 5.65 Å². The number of rotatable bonds is 2. The first-order valence-corrected chi connectivity index (χ1v) is 15.1. The predicted octanol–water partition coefficient (Wildman–Crippen LogP) is 4.48. The van der Waals surface area contributed by atoms with E-state index < -0.39 is 17.8 Å². The van der Waals surface area contributed by atoms with Gasteiger partial charge in [0.05, 0.1) is 0 Å². The number of hydrogen-bond acceptors (Lipinski definition) is 5. The Morgan fingerprint density at radius 2 is 1.86 bits per heavy atom. The van der Waals surface area contributed by atoms with Crippen molar-refractivity contribution in [1.82, 2.24) is 29.7 Å². The van der Waals surface area contributed by atoms with Gasteiger partial charge in [-0.1, -0.05) is 20.8 Å². The van der Waals surface area contributed by atoms with Crippen LogP contribution in [-0.4, -0.2) is 73.8 Å². The maximum atomic E-state index is 13.7. The third-order valence-electron chi connectivity index (χ3n) is 9.19. The van der Waals surface area contributed by atoms with Crippen molar-refractivity contribution in [2.75, 3.05) is 19.6 Å². The van der Waals surface area contributed by atoms with Crippen LogP contribution in [0.4, 0.5) is 13.2 Å². The van der Waals surface area contributed by atoms with Gasteiger partial charge in [-0.05, 0) is 68.8 Å². The first-order chi connectivity index (χ1) is 19.8. The van der Waals surface area contributed by atoms with Crippen LogP contribution in [0, 0.1) is 30.6 Å². The second-order valence-corrected chi connectivity index (χ2v) is 13.0. The zero-order valence-electron chi connectivity index (χ0n) is 24.8. The maximum absolute atomic E-state index is 13.7. The number of halogens is 3. The largest absolute Gasteiger partial charge is 0.433 e. The zero-order valence-corrected chi connectivity index (χ0v) is 24.8. The van der Waals surface area contributed by atoms with Crippen molar-refractivity contribution in [1.29, 1.82) is 0 Å². The van der Waals surface area contributed by atoms with Crippen LogP contribution in [0.15, 0.2) is 12.1 Å². The standard InChI is InChI=1S/C30H41F3N6O3/c1-17(2)22-9-8-18(3)10-28(41)38-15-20-12-21(24(38)6-5-7-27(40)35-22)16-37(14-20)29(42)23-13-26-34-19(4)11-25(30(31,32)33)39(26)36-23/h11,13,17-18,20-22,24H,5-10,12,14-16H2,1-4H3,(H,35,40)/t18-,20+,21+,22+,24+/m1/s1. The molecule has 5 rings (SSSR count). The molecule has 5 heterocycles. The number of aromatic nitrogens is 3. The summed E-state index contributed by atoms with van der Waals surface area (Å²) in [7, 11) is 0. The normalized spacial score (nSPS) is 28.1. The summed E-state index contributed by atoms with van der Waals surface area (Å²) in [5, 5.41) is 7.23. The number of nitrogens with zero attached hydrogens (tertiary/aromatic N) is 5. The molecule has 3 aliphatic rings. The highest BCUT2D eigenvalue weighted by Gasteiger charge is 2.44. The minimum atomic E-state index is -4.65. The lowest BCUT2D eigenvalue weighted by Crippen LogP contribution is -2.60. The monoisotopic (exact) mass is 590 g/mol. The molecule has 5 atom stereocenters. The first-order valence-electron chi connectivity index (χ1n) is 15.1. The van der Waals surface area contributed by atoms with Crippen LogP contribution in [0.2, 0.25) is 0 Å². The summed E-state index contributed by atoms with van der Waals surface area (Å²) < 4.78 is 41.7. The second kappa shape index (κ2) is 11.8. The highest BCUT2D eigenvalue weighted by Crippen LogP contribution is 2.37. The van der Waals surface area contributed by atoms with E-state index in [-0.39, 0.29) is 58.7 Å². The van der Waals surface area contributed by atoms with E-state index in [9.17, 15) is 27.6 Å². The lowest BCUT2D eigenvalue weighted by molar-refractivity contribution is -0.143. The van der Waals surface area contributed by atoms with Crippen LogP contribution < -0.4 is 5.32 Å². The van der Waals surface area contributed by atoms with E-state index in [4.69, 9.17) is 0 Å². The van der Waals surface area contributed by atoms with Gasteiger partial charge in [0.15, 0.2) is 11.3 Å². The Labute approximate surface area is 244 Å². The van der Waals surface area contributed by atoms with Crippen LogP contribution >= 0.6 is 0 Å². The predicted molar refractivity (Wildman–Crippen MR) is 149 cm³/mol. The van der Waals surface area contributed by atoms with Gasteiger partial charge in [0.25, 0.3) is 5.91 Å². The average Bonchev–Trinajstić information content (AvgIpc) is 3.33. The summed E-state index contributed by atoms with van der Waals surface area (Å²) in [4.78, 5) is 47.8. The third-order valence-corrected chi connectivity index (χ3v) is 9.19. The van der Waals surface area contributed by atoms with Gasteiger partial charge in [0.1, 0.15) is 5.69 Å². The number of carbonyl (C=O) groups excluding carboxylic acids is 3. The quantitative estimate of drug-likeness (QED) is 0.556. The molecular formula is C30H41F3N6O3. The Morgan fingerprint density at radius 1 is 1.10 bits per heavy atom. The van der Waals surface area contributed by atoms with Crippen molar-refractivity contribution < 1.29 is 27.6 Å². The third kappa shape index (κ3) is 6.41. The Morgan fingerprint density at radius 3 is 2.57 bits per heavy atom. The summed E-state index contributed by atoms with van der Waals surface area (Å²) >= 11 is 0. The Balaban J connectivity index is 1.36. The molecule has 12 heteroatoms. The molecule has 0 radical (unpaired) electrons. The number of amides is 3. The lowest BCUT2D eigenvalue weighted by atomic mass is 9.77. The molecule has 9 nitrogen and oxygen atoms in total. The number of alkyl halides is 3. The molecule has 2 aromatic heterocycles. The minimum Gasteiger partial charge on any atom is -0.353 e.